The lowest BCUT2D eigenvalue weighted by atomic mass is 10.4. The number of anilines is 1. The quantitative estimate of drug-likeness (QED) is 0.618. The molecule has 3 aromatic rings. The van der Waals surface area contributed by atoms with E-state index in [1.807, 2.05) is 0 Å². The molecule has 0 radical (unpaired) electrons. The maximum Gasteiger partial charge on any atom is 0.253 e. The number of aromatic nitrogens is 4. The number of hydrogen-bond acceptors (Lipinski definition) is 8. The molecule has 0 aromatic carbocycles. The molecule has 9 nitrogen and oxygen atoms in total. The molecule has 0 atom stereocenters. The van der Waals surface area contributed by atoms with Gasteiger partial charge in [-0.1, -0.05) is 0 Å². The van der Waals surface area contributed by atoms with Gasteiger partial charge in [-0.15, -0.1) is 0 Å². The lowest BCUT2D eigenvalue weighted by Crippen LogP contribution is -1.97. The predicted molar refractivity (Wildman–Crippen MR) is 67.5 cm³/mol. The van der Waals surface area contributed by atoms with Crippen LogP contribution in [0.2, 0.25) is 0 Å². The van der Waals surface area contributed by atoms with E-state index < -0.39 is 6.61 Å². The van der Waals surface area contributed by atoms with Crippen molar-refractivity contribution in [1.29, 1.82) is 0 Å². The summed E-state index contributed by atoms with van der Waals surface area (Å²) in [5.74, 6) is 0.167. The largest absolute Gasteiger partial charge is 0.502 e. The van der Waals surface area contributed by atoms with Gasteiger partial charge in [0.2, 0.25) is 11.5 Å². The van der Waals surface area contributed by atoms with E-state index >= 15 is 0 Å². The molecular formula is C11H11N5O4. The molecule has 104 valence electrons. The molecule has 0 aliphatic carbocycles. The van der Waals surface area contributed by atoms with Crippen LogP contribution in [-0.4, -0.2) is 36.8 Å². The smallest absolute Gasteiger partial charge is 0.253 e. The second-order valence-corrected chi connectivity index (χ2v) is 3.92. The summed E-state index contributed by atoms with van der Waals surface area (Å²) in [5, 5.41) is 19.0. The second kappa shape index (κ2) is 4.38. The molecule has 0 fully saturated rings. The van der Waals surface area contributed by atoms with Crippen LogP contribution in [0.1, 0.15) is 5.76 Å². The number of aliphatic hydroxyl groups is 1. The topological polar surface area (TPSA) is 132 Å². The maximum atomic E-state index is 9.87. The van der Waals surface area contributed by atoms with Crippen LogP contribution in [0, 0.1) is 0 Å². The lowest BCUT2D eigenvalue weighted by Gasteiger charge is -2.02. The Morgan fingerprint density at radius 2 is 2.20 bits per heavy atom. The summed E-state index contributed by atoms with van der Waals surface area (Å²) in [4.78, 5) is 12.0. The van der Waals surface area contributed by atoms with Crippen molar-refractivity contribution < 1.29 is 19.4 Å². The van der Waals surface area contributed by atoms with E-state index in [1.165, 1.54) is 24.3 Å². The van der Waals surface area contributed by atoms with Crippen LogP contribution in [0.5, 0.6) is 11.5 Å². The molecule has 0 unspecified atom stereocenters. The summed E-state index contributed by atoms with van der Waals surface area (Å²) in [6.45, 7) is -0.466. The molecule has 9 heteroatoms. The number of aromatic hydroxyl groups is 1. The Balaban J connectivity index is 2.28. The van der Waals surface area contributed by atoms with Crippen molar-refractivity contribution in [3.63, 3.8) is 0 Å². The highest BCUT2D eigenvalue weighted by Crippen LogP contribution is 2.40. The fraction of sp³-hybridized carbons (Fsp3) is 0.182. The summed E-state index contributed by atoms with van der Waals surface area (Å²) in [7, 11) is 1.37. The van der Waals surface area contributed by atoms with Crippen molar-refractivity contribution in [2.75, 3.05) is 12.8 Å². The van der Waals surface area contributed by atoms with Crippen molar-refractivity contribution in [3.8, 4) is 17.4 Å². The number of rotatable bonds is 3. The number of methoxy groups -OCH3 is 1. The van der Waals surface area contributed by atoms with Gasteiger partial charge >= 0.3 is 0 Å². The first-order valence-corrected chi connectivity index (χ1v) is 5.60. The van der Waals surface area contributed by atoms with E-state index in [4.69, 9.17) is 20.0 Å². The zero-order valence-electron chi connectivity index (χ0n) is 10.4. The van der Waals surface area contributed by atoms with Gasteiger partial charge in [-0.2, -0.15) is 0 Å². The monoisotopic (exact) mass is 277 g/mol. The highest BCUT2D eigenvalue weighted by molar-refractivity contribution is 5.82. The Bertz CT molecular complexity index is 779. The highest BCUT2D eigenvalue weighted by atomic mass is 16.5. The Morgan fingerprint density at radius 1 is 1.40 bits per heavy atom. The summed E-state index contributed by atoms with van der Waals surface area (Å²) < 4.78 is 11.9. The first-order valence-electron chi connectivity index (χ1n) is 5.60. The molecule has 0 amide bonds. The zero-order chi connectivity index (χ0) is 14.3. The minimum absolute atomic E-state index is 0.0132. The molecule has 4 N–H and O–H groups in total. The van der Waals surface area contributed by atoms with Gasteiger partial charge in [0.1, 0.15) is 19.3 Å². The average Bonchev–Trinajstić information content (AvgIpc) is 3.00. The third kappa shape index (κ3) is 1.57. The molecule has 0 spiro atoms. The van der Waals surface area contributed by atoms with Gasteiger partial charge in [-0.25, -0.2) is 19.5 Å². The molecule has 0 aliphatic rings. The van der Waals surface area contributed by atoms with Gasteiger partial charge in [-0.3, -0.25) is 0 Å². The highest BCUT2D eigenvalue weighted by Gasteiger charge is 2.23. The number of fused-ring (bicyclic) bond motifs is 1. The van der Waals surface area contributed by atoms with Crippen LogP contribution in [0.3, 0.4) is 0 Å². The minimum atomic E-state index is -0.466. The minimum Gasteiger partial charge on any atom is -0.502 e. The number of furan rings is 1. The molecule has 20 heavy (non-hydrogen) atoms. The standard InChI is InChI=1S/C11H11N5O4/c1-19-8-7(18)5(2-17)20-11(8)16-4-15-6-9(12)13-3-14-10(6)16/h3-4,17-18H,2H2,1H3,(H2,12,13,14). The number of nitrogens with two attached hydrogens (primary N) is 1. The van der Waals surface area contributed by atoms with Gasteiger partial charge in [0.05, 0.1) is 7.11 Å². The average molecular weight is 277 g/mol. The molecule has 3 aromatic heterocycles. The van der Waals surface area contributed by atoms with E-state index in [0.29, 0.717) is 11.2 Å². The molecule has 0 saturated carbocycles. The van der Waals surface area contributed by atoms with Gasteiger partial charge in [0, 0.05) is 0 Å². The Morgan fingerprint density at radius 3 is 2.90 bits per heavy atom. The van der Waals surface area contributed by atoms with E-state index in [0.717, 1.165) is 0 Å². The Labute approximate surface area is 112 Å². The fourth-order valence-electron chi connectivity index (χ4n) is 1.89. The van der Waals surface area contributed by atoms with E-state index in [2.05, 4.69) is 15.0 Å². The molecular weight excluding hydrogens is 266 g/mol. The molecule has 3 rings (SSSR count). The third-order valence-electron chi connectivity index (χ3n) is 2.82. The summed E-state index contributed by atoms with van der Waals surface area (Å²) in [6, 6.07) is 0. The second-order valence-electron chi connectivity index (χ2n) is 3.92. The molecule has 0 bridgehead atoms. The summed E-state index contributed by atoms with van der Waals surface area (Å²) in [6.07, 6.45) is 2.70. The van der Waals surface area contributed by atoms with Crippen LogP contribution in [0.4, 0.5) is 5.82 Å². The van der Waals surface area contributed by atoms with Gasteiger partial charge in [-0.05, 0) is 0 Å². The summed E-state index contributed by atoms with van der Waals surface area (Å²) in [5.41, 5.74) is 6.50. The predicted octanol–water partition coefficient (Wildman–Crippen LogP) is 0.197. The van der Waals surface area contributed by atoms with Gasteiger partial charge < -0.3 is 25.1 Å². The Kier molecular flexibility index (Phi) is 2.68. The molecule has 3 heterocycles. The molecule has 0 aliphatic heterocycles. The van der Waals surface area contributed by atoms with E-state index in [9.17, 15) is 5.11 Å². The normalized spacial score (nSPS) is 11.1. The zero-order valence-corrected chi connectivity index (χ0v) is 10.4. The van der Waals surface area contributed by atoms with Crippen molar-refractivity contribution in [3.05, 3.63) is 18.4 Å². The number of nitrogen functional groups attached to an aromatic ring is 1. The van der Waals surface area contributed by atoms with Gasteiger partial charge in [0.15, 0.2) is 22.7 Å². The lowest BCUT2D eigenvalue weighted by molar-refractivity contribution is 0.239. The fourth-order valence-corrected chi connectivity index (χ4v) is 1.89. The van der Waals surface area contributed by atoms with Crippen LogP contribution in [0.25, 0.3) is 17.0 Å². The first kappa shape index (κ1) is 12.2. The number of nitrogens with zero attached hydrogens (tertiary/aromatic N) is 4. The Hall–Kier alpha value is -2.81. The van der Waals surface area contributed by atoms with Crippen LogP contribution < -0.4 is 10.5 Å². The van der Waals surface area contributed by atoms with Crippen molar-refractivity contribution in [2.24, 2.45) is 0 Å². The third-order valence-corrected chi connectivity index (χ3v) is 2.82. The number of hydrogen-bond donors (Lipinski definition) is 3. The van der Waals surface area contributed by atoms with Crippen LogP contribution >= 0.6 is 0 Å². The first-order chi connectivity index (χ1) is 9.67. The SMILES string of the molecule is COc1c(-n2cnc3c(N)ncnc32)oc(CO)c1O. The molecule has 0 saturated heterocycles. The summed E-state index contributed by atoms with van der Waals surface area (Å²) >= 11 is 0. The maximum absolute atomic E-state index is 9.87. The van der Waals surface area contributed by atoms with Crippen LogP contribution in [0.15, 0.2) is 17.1 Å². The van der Waals surface area contributed by atoms with Gasteiger partial charge in [0.25, 0.3) is 5.88 Å². The van der Waals surface area contributed by atoms with Crippen molar-refractivity contribution in [1.82, 2.24) is 19.5 Å². The van der Waals surface area contributed by atoms with Crippen LogP contribution in [-0.2, 0) is 6.61 Å². The number of aliphatic hydroxyl groups excluding tert-OH is 1. The van der Waals surface area contributed by atoms with E-state index in [1.54, 1.807) is 0 Å². The number of ether oxygens (including phenoxy) is 1. The number of imidazole rings is 1. The van der Waals surface area contributed by atoms with Crippen molar-refractivity contribution in [2.45, 2.75) is 6.61 Å². The van der Waals surface area contributed by atoms with E-state index in [-0.39, 0.29) is 29.0 Å². The van der Waals surface area contributed by atoms with Crippen molar-refractivity contribution >= 4 is 17.0 Å².